The van der Waals surface area contributed by atoms with Gasteiger partial charge in [-0.05, 0) is 20.8 Å². The Hall–Kier alpha value is 0.240. The monoisotopic (exact) mass is 629 g/mol. The van der Waals surface area contributed by atoms with Crippen molar-refractivity contribution >= 4 is 17.9 Å². The second kappa shape index (κ2) is 44.2. The van der Waals surface area contributed by atoms with E-state index in [9.17, 15) is 0 Å². The molecule has 0 heterocycles. The molecule has 0 aromatic heterocycles. The van der Waals surface area contributed by atoms with Gasteiger partial charge in [-0.25, -0.2) is 0 Å². The zero-order valence-corrected chi connectivity index (χ0v) is 22.4. The van der Waals surface area contributed by atoms with E-state index in [2.05, 4.69) is 8.86 Å². The van der Waals surface area contributed by atoms with Gasteiger partial charge in [-0.1, -0.05) is 0 Å². The molecule has 0 amide bonds. The molecule has 0 atom stereocenters. The van der Waals surface area contributed by atoms with Crippen molar-refractivity contribution in [2.24, 2.45) is 0 Å². The van der Waals surface area contributed by atoms with Crippen molar-refractivity contribution in [3.63, 3.8) is 0 Å². The van der Waals surface area contributed by atoms with E-state index in [0.29, 0.717) is 0 Å². The zero-order valence-electron chi connectivity index (χ0n) is 11.4. The number of hydrogen-bond acceptors (Lipinski definition) is 6. The fraction of sp³-hybridized carbons (Fsp3) is 0.625. The van der Waals surface area contributed by atoms with E-state index in [1.54, 1.807) is 0 Å². The molecule has 17 heavy (non-hydrogen) atoms. The summed E-state index contributed by atoms with van der Waals surface area (Å²) in [5.74, 6) is -3.25. The molecule has 0 aromatic carbocycles. The van der Waals surface area contributed by atoms with E-state index < -0.39 is 17.9 Å². The maximum absolute atomic E-state index is 8.89. The number of hydrogen-bond donors (Lipinski definition) is 1. The molecule has 0 spiro atoms. The topological polar surface area (TPSA) is 157 Å². The maximum atomic E-state index is 8.89. The molecule has 0 saturated carbocycles. The number of carboxylic acids is 3. The summed E-state index contributed by atoms with van der Waals surface area (Å²) in [6.07, 6.45) is 0. The van der Waals surface area contributed by atoms with Gasteiger partial charge in [0.1, 0.15) is 0 Å². The quantitative estimate of drug-likeness (QED) is 0.301. The van der Waals surface area contributed by atoms with Crippen molar-refractivity contribution in [2.45, 2.75) is 29.6 Å². The van der Waals surface area contributed by atoms with Gasteiger partial charge in [-0.15, -0.1) is 0 Å². The fourth-order valence-electron chi connectivity index (χ4n) is 0. The van der Waals surface area contributed by atoms with Crippen LogP contribution >= 0.6 is 0 Å². The van der Waals surface area contributed by atoms with E-state index in [1.165, 1.54) is 0 Å². The summed E-state index contributed by atoms with van der Waals surface area (Å²) in [6.45, 7) is 2.92. The van der Waals surface area contributed by atoms with Gasteiger partial charge in [0.05, 0.1) is 0 Å². The number of rotatable bonds is 0. The van der Waals surface area contributed by atoms with E-state index in [-0.39, 0.29) is 6.15 Å². The summed E-state index contributed by atoms with van der Waals surface area (Å²) >= 11 is 2.06. The van der Waals surface area contributed by atoms with Gasteiger partial charge in [-0.3, -0.25) is 0 Å². The Bertz CT molecular complexity index is 126. The van der Waals surface area contributed by atoms with Crippen LogP contribution in [0.2, 0.25) is 8.86 Å². The van der Waals surface area contributed by atoms with Gasteiger partial charge in [0.2, 0.25) is 0 Å². The molecule has 0 fully saturated rings. The Labute approximate surface area is 135 Å². The molecule has 0 aliphatic heterocycles. The molecule has 7 nitrogen and oxygen atoms in total. The minimum absolute atomic E-state index is 0. The molecule has 0 rings (SSSR count). The van der Waals surface area contributed by atoms with Crippen LogP contribution in [0.25, 0.3) is 0 Å². The third-order valence-corrected chi connectivity index (χ3v) is 0. The molecule has 0 unspecified atom stereocenters. The Morgan fingerprint density at radius 3 is 0.647 bits per heavy atom. The Morgan fingerprint density at radius 1 is 0.647 bits per heavy atom. The molecule has 4 N–H and O–H groups in total. The van der Waals surface area contributed by atoms with Crippen molar-refractivity contribution in [3.8, 4) is 0 Å². The number of carbonyl (C=O) groups excluding carboxylic acids is 3. The number of quaternary nitrogens is 1. The molecule has 0 bridgehead atoms. The summed E-state index contributed by atoms with van der Waals surface area (Å²) in [5.41, 5.74) is 0. The molecular formula is C8H19Hg2NO6. The predicted molar refractivity (Wildman–Crippen MR) is 49.8 cm³/mol. The fourth-order valence-corrected chi connectivity index (χ4v) is 0. The van der Waals surface area contributed by atoms with Gasteiger partial charge in [-0.2, -0.15) is 0 Å². The first-order valence-corrected chi connectivity index (χ1v) is 15.1. The van der Waals surface area contributed by atoms with Crippen LogP contribution in [0.5, 0.6) is 0 Å². The minimum Gasteiger partial charge on any atom is -0.369 e. The average molecular weight is 626 g/mol. The number of carbonyl (C=O) groups is 3. The van der Waals surface area contributed by atoms with Gasteiger partial charge < -0.3 is 35.9 Å². The molecule has 0 aliphatic carbocycles. The van der Waals surface area contributed by atoms with Crippen molar-refractivity contribution in [1.82, 2.24) is 6.15 Å². The second-order valence-electron chi connectivity index (χ2n) is 1.47. The van der Waals surface area contributed by atoms with Gasteiger partial charge in [0.25, 0.3) is 0 Å². The van der Waals surface area contributed by atoms with E-state index in [4.69, 9.17) is 29.7 Å². The molecule has 0 saturated heterocycles. The van der Waals surface area contributed by atoms with Crippen LogP contribution in [-0.4, -0.2) is 17.9 Å². The Balaban J connectivity index is -0.0000000227. The Kier molecular flexibility index (Phi) is 93.5. The van der Waals surface area contributed by atoms with Crippen molar-refractivity contribution in [2.75, 3.05) is 0 Å². The standard InChI is InChI=1S/3C2H4O2.2CH3.2Hg.H3N/c3*1-2(3)4;;;;;/h3*1H3,(H,3,4);2*1H3;;;1H3/q;;;;;2*+1;/p-2. The SMILES string of the molecule is CC(=O)[O-].CC(=O)[O-].CC(=O)[O-].[CH3][Hg+].[CH3][Hg+].[NH4+]. The summed E-state index contributed by atoms with van der Waals surface area (Å²) < 4.78 is 4.39. The molecule has 96 valence electrons. The smallest absolute Gasteiger partial charge is 0.369 e. The third kappa shape index (κ3) is 57100. The number of aliphatic carboxylic acids is 3. The normalized spacial score (nSPS) is 5.24. The maximum Gasteiger partial charge on any atom is -0.369 e. The van der Waals surface area contributed by atoms with Gasteiger partial charge in [0.15, 0.2) is 0 Å². The van der Waals surface area contributed by atoms with Crippen LogP contribution in [-0.2, 0) is 66.6 Å². The second-order valence-corrected chi connectivity index (χ2v) is 1.47. The van der Waals surface area contributed by atoms with Gasteiger partial charge >= 0.3 is 61.1 Å². The van der Waals surface area contributed by atoms with Crippen molar-refractivity contribution < 1.29 is 81.9 Å². The Morgan fingerprint density at radius 2 is 0.647 bits per heavy atom. The first-order chi connectivity index (χ1) is 7.20. The van der Waals surface area contributed by atoms with Crippen LogP contribution in [0.15, 0.2) is 0 Å². The van der Waals surface area contributed by atoms with Crippen LogP contribution < -0.4 is 21.5 Å². The van der Waals surface area contributed by atoms with Crippen LogP contribution in [0.4, 0.5) is 0 Å². The van der Waals surface area contributed by atoms with Gasteiger partial charge in [0, 0.05) is 17.9 Å². The molecule has 0 aromatic rings. The van der Waals surface area contributed by atoms with E-state index in [1.807, 2.05) is 0 Å². The third-order valence-electron chi connectivity index (χ3n) is 0. The summed E-state index contributed by atoms with van der Waals surface area (Å²) in [6, 6.07) is 0. The predicted octanol–water partition coefficient (Wildman–Crippen LogP) is -2.19. The largest absolute Gasteiger partial charge is 0.369 e. The summed E-state index contributed by atoms with van der Waals surface area (Å²) in [7, 11) is 0. The summed E-state index contributed by atoms with van der Waals surface area (Å²) in [4.78, 5) is 26.7. The molecule has 0 radical (unpaired) electrons. The first kappa shape index (κ1) is 36.0. The van der Waals surface area contributed by atoms with Crippen LogP contribution in [0.1, 0.15) is 20.8 Å². The average Bonchev–Trinajstić information content (AvgIpc) is 2.07. The molecule has 0 aliphatic rings. The summed E-state index contributed by atoms with van der Waals surface area (Å²) in [5, 5.41) is 26.7. The van der Waals surface area contributed by atoms with E-state index >= 15 is 0 Å². The minimum atomic E-state index is -1.08. The van der Waals surface area contributed by atoms with Crippen LogP contribution in [0.3, 0.4) is 0 Å². The number of carboxylic acid groups (broad SMARTS) is 3. The van der Waals surface area contributed by atoms with Crippen molar-refractivity contribution in [3.05, 3.63) is 0 Å². The van der Waals surface area contributed by atoms with Crippen LogP contribution in [0, 0.1) is 0 Å². The zero-order chi connectivity index (χ0) is 14.7. The van der Waals surface area contributed by atoms with E-state index in [0.717, 1.165) is 73.0 Å². The van der Waals surface area contributed by atoms with Crippen molar-refractivity contribution in [1.29, 1.82) is 0 Å². The first-order valence-electron chi connectivity index (χ1n) is 4.14. The molecular weight excluding hydrogens is 607 g/mol. The molecule has 9 heteroatoms.